The third kappa shape index (κ3) is 6.97. The number of rotatable bonds is 13. The number of hydrogen-bond acceptors (Lipinski definition) is 13. The van der Waals surface area contributed by atoms with Crippen molar-refractivity contribution in [3.05, 3.63) is 54.0 Å². The van der Waals surface area contributed by atoms with Gasteiger partial charge in [0, 0.05) is 0 Å². The molecule has 15 nitrogen and oxygen atoms in total. The van der Waals surface area contributed by atoms with E-state index < -0.39 is 56.1 Å². The zero-order chi connectivity index (χ0) is 34.0. The summed E-state index contributed by atoms with van der Waals surface area (Å²) in [6.07, 6.45) is 0.147. The van der Waals surface area contributed by atoms with E-state index in [1.54, 1.807) is 26.0 Å². The Hall–Kier alpha value is -4.08. The highest BCUT2D eigenvalue weighted by Crippen LogP contribution is 2.51. The van der Waals surface area contributed by atoms with Gasteiger partial charge in [0.15, 0.2) is 11.6 Å². The average Bonchev–Trinajstić information content (AvgIpc) is 3.71. The Labute approximate surface area is 272 Å². The molecular formula is C31H38N7O8P. The second kappa shape index (κ2) is 13.6. The Balaban J connectivity index is 1.42. The molecule has 2 fully saturated rings. The van der Waals surface area contributed by atoms with E-state index in [4.69, 9.17) is 33.7 Å². The van der Waals surface area contributed by atoms with E-state index >= 15 is 0 Å². The van der Waals surface area contributed by atoms with Crippen molar-refractivity contribution in [2.75, 3.05) is 18.9 Å². The molecule has 250 valence electrons. The molecule has 0 aliphatic carbocycles. The number of aromatic nitrogens is 3. The van der Waals surface area contributed by atoms with Gasteiger partial charge < -0.3 is 29.2 Å². The van der Waals surface area contributed by atoms with Crippen LogP contribution < -0.4 is 15.3 Å². The van der Waals surface area contributed by atoms with Crippen LogP contribution in [0.1, 0.15) is 58.7 Å². The number of ether oxygens (including phenoxy) is 4. The summed E-state index contributed by atoms with van der Waals surface area (Å²) in [6, 6.07) is 12.4. The molecule has 6 atom stereocenters. The van der Waals surface area contributed by atoms with Crippen molar-refractivity contribution < 1.29 is 37.4 Å². The largest absolute Gasteiger partial charge is 0.464 e. The summed E-state index contributed by atoms with van der Waals surface area (Å²) in [7, 11) is -4.35. The van der Waals surface area contributed by atoms with Crippen LogP contribution in [0.15, 0.2) is 42.7 Å². The molecule has 0 radical (unpaired) electrons. The molecule has 2 saturated heterocycles. The van der Waals surface area contributed by atoms with Crippen LogP contribution in [-0.2, 0) is 38.4 Å². The van der Waals surface area contributed by atoms with Gasteiger partial charge in [0.1, 0.15) is 48.0 Å². The number of benzene rings is 1. The summed E-state index contributed by atoms with van der Waals surface area (Å²) < 4.78 is 51.7. The van der Waals surface area contributed by atoms with Gasteiger partial charge in [-0.3, -0.25) is 9.32 Å². The highest BCUT2D eigenvalue weighted by Gasteiger charge is 2.65. The number of nitrogen functional groups attached to an aromatic ring is 1. The van der Waals surface area contributed by atoms with Crippen LogP contribution in [0.4, 0.5) is 5.82 Å². The van der Waals surface area contributed by atoms with Crippen LogP contribution in [0.2, 0.25) is 0 Å². The third-order valence-electron chi connectivity index (χ3n) is 8.20. The number of nitrogens with one attached hydrogen (secondary N) is 1. The van der Waals surface area contributed by atoms with Crippen molar-refractivity contribution in [2.24, 2.45) is 5.92 Å². The Morgan fingerprint density at radius 1 is 1.15 bits per heavy atom. The van der Waals surface area contributed by atoms with Crippen LogP contribution in [0.25, 0.3) is 5.52 Å². The molecule has 0 amide bonds. The molecule has 0 bridgehead atoms. The molecule has 2 aliphatic heterocycles. The maximum absolute atomic E-state index is 14.3. The van der Waals surface area contributed by atoms with Crippen LogP contribution >= 0.6 is 7.75 Å². The number of nitrogens with zero attached hydrogens (tertiary/aromatic N) is 5. The van der Waals surface area contributed by atoms with Crippen LogP contribution in [0.5, 0.6) is 5.75 Å². The predicted molar refractivity (Wildman–Crippen MR) is 166 cm³/mol. The average molecular weight is 668 g/mol. The maximum Gasteiger partial charge on any atom is 0.459 e. The van der Waals surface area contributed by atoms with Crippen LogP contribution in [-0.4, -0.2) is 63.9 Å². The summed E-state index contributed by atoms with van der Waals surface area (Å²) in [5.41, 5.74) is 5.46. The Bertz CT molecular complexity index is 1730. The van der Waals surface area contributed by atoms with Gasteiger partial charge in [0.2, 0.25) is 5.60 Å². The Morgan fingerprint density at radius 3 is 2.53 bits per heavy atom. The van der Waals surface area contributed by atoms with E-state index in [1.807, 2.05) is 19.9 Å². The SMILES string of the molecule is CCC(CC)COC(=O)[C@H](C)NP(=O)(OC[C@H]1O[C@@](C#N)(c2ccc3c(N)ncnn23)[C@@H]2OC(C)(C)O[C@@H]21)Oc1ccc(C#N)cc1. The van der Waals surface area contributed by atoms with Crippen molar-refractivity contribution in [3.63, 3.8) is 0 Å². The second-order valence-corrected chi connectivity index (χ2v) is 13.6. The van der Waals surface area contributed by atoms with Gasteiger partial charge in [0.25, 0.3) is 0 Å². The summed E-state index contributed by atoms with van der Waals surface area (Å²) in [5.74, 6) is -1.23. The molecule has 0 saturated carbocycles. The number of carbonyl (C=O) groups is 1. The zero-order valence-corrected chi connectivity index (χ0v) is 27.7. The minimum atomic E-state index is -4.35. The lowest BCUT2D eigenvalue weighted by Gasteiger charge is -2.29. The lowest BCUT2D eigenvalue weighted by atomic mass is 9.92. The smallest absolute Gasteiger partial charge is 0.459 e. The fourth-order valence-corrected chi connectivity index (χ4v) is 7.10. The second-order valence-electron chi connectivity index (χ2n) is 11.9. The molecule has 16 heteroatoms. The van der Waals surface area contributed by atoms with Gasteiger partial charge in [-0.25, -0.2) is 14.1 Å². The first-order chi connectivity index (χ1) is 22.4. The lowest BCUT2D eigenvalue weighted by molar-refractivity contribution is -0.204. The molecule has 4 heterocycles. The molecule has 2 aromatic heterocycles. The fraction of sp³-hybridized carbons (Fsp3) is 0.516. The van der Waals surface area contributed by atoms with E-state index in [1.165, 1.54) is 42.0 Å². The fourth-order valence-electron chi connectivity index (χ4n) is 5.59. The number of anilines is 1. The van der Waals surface area contributed by atoms with Crippen molar-refractivity contribution in [1.82, 2.24) is 19.7 Å². The summed E-state index contributed by atoms with van der Waals surface area (Å²) in [6.45, 7) is 8.73. The molecule has 1 unspecified atom stereocenters. The Kier molecular flexibility index (Phi) is 9.89. The van der Waals surface area contributed by atoms with Crippen molar-refractivity contribution in [2.45, 2.75) is 83.2 Å². The number of hydrogen-bond donors (Lipinski definition) is 2. The van der Waals surface area contributed by atoms with Gasteiger partial charge in [0.05, 0.1) is 30.5 Å². The van der Waals surface area contributed by atoms with Gasteiger partial charge in [-0.05, 0) is 63.1 Å². The monoisotopic (exact) mass is 667 g/mol. The first kappa shape index (κ1) is 34.3. The maximum atomic E-state index is 14.3. The lowest BCUT2D eigenvalue weighted by Crippen LogP contribution is -2.40. The van der Waals surface area contributed by atoms with E-state index in [0.29, 0.717) is 16.8 Å². The Morgan fingerprint density at radius 2 is 1.87 bits per heavy atom. The summed E-state index contributed by atoms with van der Waals surface area (Å²) in [5, 5.41) is 26.7. The van der Waals surface area contributed by atoms with Gasteiger partial charge in [-0.1, -0.05) is 26.7 Å². The summed E-state index contributed by atoms with van der Waals surface area (Å²) >= 11 is 0. The molecule has 47 heavy (non-hydrogen) atoms. The molecule has 2 aliphatic rings. The number of nitrogens with two attached hydrogens (primary N) is 1. The standard InChI is InChI=1S/C31H38N7O8P/c1-6-20(7-2)15-41-29(39)19(3)37-47(40,46-22-10-8-21(14-32)9-11-22)42-16-24-26-27(45-30(4,5)44-26)31(17-33,43-24)25-13-12-23-28(34)35-18-36-38(23)25/h8-13,18-20,24,26-27H,6-7,15-16H2,1-5H3,(H,37,40)(H2,34,35,36)/t19-,24+,26+,27+,31-,47?/m0/s1. The van der Waals surface area contributed by atoms with Crippen molar-refractivity contribution in [3.8, 4) is 17.9 Å². The minimum Gasteiger partial charge on any atom is -0.464 e. The summed E-state index contributed by atoms with van der Waals surface area (Å²) in [4.78, 5) is 16.9. The molecule has 3 aromatic rings. The van der Waals surface area contributed by atoms with Crippen molar-refractivity contribution in [1.29, 1.82) is 10.5 Å². The molecular weight excluding hydrogens is 629 g/mol. The molecule has 5 rings (SSSR count). The van der Waals surface area contributed by atoms with E-state index in [2.05, 4.69) is 21.2 Å². The normalized spacial score (nSPS) is 25.1. The number of esters is 1. The molecule has 3 N–H and O–H groups in total. The number of fused-ring (bicyclic) bond motifs is 2. The van der Waals surface area contributed by atoms with Crippen LogP contribution in [0, 0.1) is 28.6 Å². The molecule has 1 aromatic carbocycles. The third-order valence-corrected chi connectivity index (χ3v) is 9.84. The minimum absolute atomic E-state index is 0.118. The molecule has 0 spiro atoms. The number of carbonyl (C=O) groups excluding carboxylic acids is 1. The number of nitriles is 2. The van der Waals surface area contributed by atoms with E-state index in [0.717, 1.165) is 12.8 Å². The van der Waals surface area contributed by atoms with Crippen LogP contribution in [0.3, 0.4) is 0 Å². The van der Waals surface area contributed by atoms with Gasteiger partial charge in [-0.2, -0.15) is 20.7 Å². The van der Waals surface area contributed by atoms with E-state index in [9.17, 15) is 19.9 Å². The first-order valence-electron chi connectivity index (χ1n) is 15.3. The first-order valence-corrected chi connectivity index (χ1v) is 16.8. The van der Waals surface area contributed by atoms with Gasteiger partial charge in [-0.15, -0.1) is 0 Å². The van der Waals surface area contributed by atoms with E-state index in [-0.39, 0.29) is 24.1 Å². The highest BCUT2D eigenvalue weighted by atomic mass is 31.2. The topological polar surface area (TPSA) is 205 Å². The quantitative estimate of drug-likeness (QED) is 0.195. The van der Waals surface area contributed by atoms with Crippen molar-refractivity contribution >= 4 is 25.1 Å². The zero-order valence-electron chi connectivity index (χ0n) is 26.8. The highest BCUT2D eigenvalue weighted by molar-refractivity contribution is 7.52. The predicted octanol–water partition coefficient (Wildman–Crippen LogP) is 3.98. The van der Waals surface area contributed by atoms with Gasteiger partial charge >= 0.3 is 13.7 Å².